The molecule has 0 spiro atoms. The summed E-state index contributed by atoms with van der Waals surface area (Å²) < 4.78 is 0. The first-order chi connectivity index (χ1) is 15.0. The lowest BCUT2D eigenvalue weighted by atomic mass is 9.49. The van der Waals surface area contributed by atoms with Crippen LogP contribution in [-0.2, 0) is 11.2 Å². The summed E-state index contributed by atoms with van der Waals surface area (Å²) in [6.45, 7) is 4.07. The number of hydrogen-bond acceptors (Lipinski definition) is 3. The van der Waals surface area contributed by atoms with Gasteiger partial charge in [0, 0.05) is 45.5 Å². The van der Waals surface area contributed by atoms with E-state index in [0.717, 1.165) is 43.6 Å². The van der Waals surface area contributed by atoms with Crippen LogP contribution in [0, 0.1) is 23.2 Å². The van der Waals surface area contributed by atoms with E-state index in [0.29, 0.717) is 25.0 Å². The molecule has 6 nitrogen and oxygen atoms in total. The Bertz CT molecular complexity index is 716. The average molecular weight is 427 g/mol. The van der Waals surface area contributed by atoms with Gasteiger partial charge in [0.2, 0.25) is 5.91 Å². The van der Waals surface area contributed by atoms with Gasteiger partial charge in [-0.05, 0) is 98.7 Å². The molecule has 0 atom stereocenters. The quantitative estimate of drug-likeness (QED) is 0.559. The van der Waals surface area contributed by atoms with Crippen molar-refractivity contribution in [2.45, 2.75) is 64.7 Å². The minimum atomic E-state index is -0.0428. The van der Waals surface area contributed by atoms with Crippen LogP contribution in [-0.4, -0.2) is 48.0 Å². The Morgan fingerprint density at radius 3 is 2.26 bits per heavy atom. The van der Waals surface area contributed by atoms with Crippen molar-refractivity contribution in [3.8, 4) is 0 Å². The largest absolute Gasteiger partial charge is 0.355 e. The topological polar surface area (TPSA) is 74.3 Å². The molecule has 0 aliphatic heterocycles. The Kier molecular flexibility index (Phi) is 7.13. The second-order valence-corrected chi connectivity index (χ2v) is 10.3. The second kappa shape index (κ2) is 10.0. The molecule has 5 rings (SSSR count). The molecule has 0 radical (unpaired) electrons. The molecule has 1 heterocycles. The number of aromatic nitrogens is 1. The van der Waals surface area contributed by atoms with E-state index >= 15 is 0 Å². The van der Waals surface area contributed by atoms with Crippen molar-refractivity contribution < 1.29 is 9.59 Å². The third kappa shape index (κ3) is 5.98. The van der Waals surface area contributed by atoms with Crippen LogP contribution in [0.15, 0.2) is 24.5 Å². The summed E-state index contributed by atoms with van der Waals surface area (Å²) in [6.07, 6.45) is 15.0. The van der Waals surface area contributed by atoms with Crippen molar-refractivity contribution in [2.24, 2.45) is 23.2 Å². The molecule has 4 bridgehead atoms. The third-order valence-corrected chi connectivity index (χ3v) is 7.79. The van der Waals surface area contributed by atoms with Gasteiger partial charge >= 0.3 is 6.03 Å². The van der Waals surface area contributed by atoms with Crippen LogP contribution in [0.2, 0.25) is 0 Å². The molecular weight excluding hydrogens is 388 g/mol. The van der Waals surface area contributed by atoms with E-state index in [4.69, 9.17) is 0 Å². The molecule has 0 unspecified atom stereocenters. The van der Waals surface area contributed by atoms with E-state index in [2.05, 4.69) is 15.6 Å². The van der Waals surface area contributed by atoms with E-state index in [1.807, 2.05) is 29.4 Å². The van der Waals surface area contributed by atoms with Crippen molar-refractivity contribution in [3.05, 3.63) is 30.1 Å². The fourth-order valence-corrected chi connectivity index (χ4v) is 6.80. The van der Waals surface area contributed by atoms with Crippen LogP contribution >= 0.6 is 0 Å². The van der Waals surface area contributed by atoms with Crippen molar-refractivity contribution in [1.82, 2.24) is 20.5 Å². The van der Waals surface area contributed by atoms with Gasteiger partial charge in [-0.15, -0.1) is 0 Å². The summed E-state index contributed by atoms with van der Waals surface area (Å²) in [5.41, 5.74) is 1.70. The van der Waals surface area contributed by atoms with Gasteiger partial charge in [0.1, 0.15) is 0 Å². The number of carbonyl (C=O) groups is 2. The molecule has 6 heteroatoms. The highest BCUT2D eigenvalue weighted by Crippen LogP contribution is 2.61. The number of pyridine rings is 1. The highest BCUT2D eigenvalue weighted by Gasteiger charge is 2.50. The smallest absolute Gasteiger partial charge is 0.317 e. The Morgan fingerprint density at radius 2 is 1.65 bits per heavy atom. The van der Waals surface area contributed by atoms with Gasteiger partial charge in [0.25, 0.3) is 0 Å². The van der Waals surface area contributed by atoms with Crippen LogP contribution in [0.1, 0.15) is 63.9 Å². The fraction of sp³-hybridized carbons (Fsp3) is 0.720. The lowest BCUT2D eigenvalue weighted by Gasteiger charge is -2.57. The lowest BCUT2D eigenvalue weighted by Crippen LogP contribution is -2.49. The molecule has 31 heavy (non-hydrogen) atoms. The van der Waals surface area contributed by atoms with Gasteiger partial charge in [-0.3, -0.25) is 9.78 Å². The van der Waals surface area contributed by atoms with E-state index in [9.17, 15) is 9.59 Å². The molecule has 4 fully saturated rings. The molecule has 4 aliphatic rings. The van der Waals surface area contributed by atoms with Crippen molar-refractivity contribution in [2.75, 3.05) is 26.2 Å². The lowest BCUT2D eigenvalue weighted by molar-refractivity contribution is -0.119. The molecular formula is C25H38N4O2. The maximum absolute atomic E-state index is 12.9. The van der Waals surface area contributed by atoms with E-state index in [1.165, 1.54) is 51.0 Å². The zero-order valence-electron chi connectivity index (χ0n) is 18.9. The summed E-state index contributed by atoms with van der Waals surface area (Å²) in [5, 5.41) is 5.96. The minimum absolute atomic E-state index is 0.00445. The second-order valence-electron chi connectivity index (χ2n) is 10.3. The molecule has 0 saturated heterocycles. The van der Waals surface area contributed by atoms with Crippen LogP contribution in [0.5, 0.6) is 0 Å². The van der Waals surface area contributed by atoms with Crippen molar-refractivity contribution >= 4 is 11.9 Å². The van der Waals surface area contributed by atoms with Gasteiger partial charge in [0.15, 0.2) is 0 Å². The highest BCUT2D eigenvalue weighted by molar-refractivity contribution is 5.74. The molecule has 1 aromatic heterocycles. The normalized spacial score (nSPS) is 28.4. The summed E-state index contributed by atoms with van der Waals surface area (Å²) in [4.78, 5) is 30.2. The van der Waals surface area contributed by atoms with Gasteiger partial charge in [0.05, 0.1) is 0 Å². The first-order valence-electron chi connectivity index (χ1n) is 12.2. The predicted octanol–water partition coefficient (Wildman–Crippen LogP) is 3.77. The number of amides is 3. The number of carbonyl (C=O) groups excluding carboxylic acids is 2. The summed E-state index contributed by atoms with van der Waals surface area (Å²) in [7, 11) is 0. The SMILES string of the molecule is CC(=O)NCCN(CCC12CC3CC(CC(C3)C1)C2)C(=O)NCCCc1ccncc1. The molecule has 0 aromatic carbocycles. The van der Waals surface area contributed by atoms with Crippen LogP contribution < -0.4 is 10.6 Å². The van der Waals surface area contributed by atoms with Crippen LogP contribution in [0.4, 0.5) is 4.79 Å². The predicted molar refractivity (Wildman–Crippen MR) is 121 cm³/mol. The average Bonchev–Trinajstić information content (AvgIpc) is 2.73. The first kappa shape index (κ1) is 22.1. The number of nitrogens with zero attached hydrogens (tertiary/aromatic N) is 2. The van der Waals surface area contributed by atoms with E-state index in [1.54, 1.807) is 0 Å². The minimum Gasteiger partial charge on any atom is -0.355 e. The molecule has 170 valence electrons. The summed E-state index contributed by atoms with van der Waals surface area (Å²) >= 11 is 0. The van der Waals surface area contributed by atoms with Crippen molar-refractivity contribution in [1.29, 1.82) is 0 Å². The zero-order valence-corrected chi connectivity index (χ0v) is 18.9. The first-order valence-corrected chi connectivity index (χ1v) is 12.2. The Labute approximate surface area is 186 Å². The van der Waals surface area contributed by atoms with Crippen molar-refractivity contribution in [3.63, 3.8) is 0 Å². The standard InChI is InChI=1S/C25H38N4O2/c1-19(30)27-10-12-29(24(31)28-7-2-3-20-4-8-26-9-5-20)11-6-25-16-21-13-22(17-25)15-23(14-21)18-25/h4-5,8-9,21-23H,2-3,6-7,10-18H2,1H3,(H,27,30)(H,28,31). The van der Waals surface area contributed by atoms with Gasteiger partial charge < -0.3 is 15.5 Å². The number of urea groups is 1. The molecule has 4 saturated carbocycles. The molecule has 4 aliphatic carbocycles. The number of nitrogens with one attached hydrogen (secondary N) is 2. The van der Waals surface area contributed by atoms with Gasteiger partial charge in [-0.25, -0.2) is 4.79 Å². The molecule has 2 N–H and O–H groups in total. The van der Waals surface area contributed by atoms with E-state index < -0.39 is 0 Å². The summed E-state index contributed by atoms with van der Waals surface area (Å²) in [5.74, 6) is 2.75. The third-order valence-electron chi connectivity index (χ3n) is 7.79. The van der Waals surface area contributed by atoms with Crippen LogP contribution in [0.25, 0.3) is 0 Å². The van der Waals surface area contributed by atoms with Gasteiger partial charge in [-0.1, -0.05) is 0 Å². The van der Waals surface area contributed by atoms with Gasteiger partial charge in [-0.2, -0.15) is 0 Å². The Morgan fingerprint density at radius 1 is 1.00 bits per heavy atom. The summed E-state index contributed by atoms with van der Waals surface area (Å²) in [6, 6.07) is 4.05. The Balaban J connectivity index is 1.27. The Hall–Kier alpha value is -2.11. The maximum Gasteiger partial charge on any atom is 0.317 e. The van der Waals surface area contributed by atoms with Crippen LogP contribution in [0.3, 0.4) is 0 Å². The fourth-order valence-electron chi connectivity index (χ4n) is 6.80. The van der Waals surface area contributed by atoms with E-state index in [-0.39, 0.29) is 11.9 Å². The number of aryl methyl sites for hydroxylation is 1. The number of rotatable bonds is 10. The highest BCUT2D eigenvalue weighted by atomic mass is 16.2. The molecule has 1 aromatic rings. The molecule has 3 amide bonds. The monoisotopic (exact) mass is 426 g/mol. The maximum atomic E-state index is 12.9. The zero-order chi connectivity index (χ0) is 21.7. The number of hydrogen-bond donors (Lipinski definition) is 2.